The summed E-state index contributed by atoms with van der Waals surface area (Å²) in [7, 11) is 1.56. The molecule has 0 aliphatic rings. The number of imidazole rings is 1. The number of hydrogen-bond acceptors (Lipinski definition) is 9. The molecule has 324 valence electrons. The lowest BCUT2D eigenvalue weighted by molar-refractivity contribution is -0.144. The molecule has 6 atom stereocenters. The number of carbonyl (C=O) groups is 4. The molecule has 1 aromatic heterocycles. The highest BCUT2D eigenvalue weighted by atomic mass is 16.5. The smallest absolute Gasteiger partial charge is 0.256 e. The van der Waals surface area contributed by atoms with Crippen molar-refractivity contribution in [2.24, 2.45) is 11.3 Å². The summed E-state index contributed by atoms with van der Waals surface area (Å²) in [6, 6.07) is 27.7. The van der Waals surface area contributed by atoms with Gasteiger partial charge in [0.05, 0.1) is 36.8 Å². The molecule has 4 amide bonds. The topological polar surface area (TPSA) is 207 Å². The summed E-state index contributed by atoms with van der Waals surface area (Å²) in [5.41, 5.74) is 0.638. The van der Waals surface area contributed by atoms with Crippen LogP contribution in [0.1, 0.15) is 64.1 Å². The standard InChI is InChI=1S/C47H59N7O7/c1-29(2)38(42(56)49-28-37-50-34-20-14-15-21-35(34)51-37)53-43(57)39(48-27-31-22-24-33(61-7)25-23-31)40(55)36(26-30-16-10-8-11-17-30)52-44(58)41(46(3,4)5)54-45(59)47(6,60)32-18-12-9-13-19-32/h8-25,29,36,38-41,48,55,60H,26-28H2,1-7H3,(H,49,56)(H,50,51)(H,52,58)(H,53,57)(H,54,59)/t36-,38-,39+,40+,41+,47-/m0/s1. The predicted molar refractivity (Wildman–Crippen MR) is 234 cm³/mol. The Morgan fingerprint density at radius 3 is 1.95 bits per heavy atom. The Hall–Kier alpha value is -6.09. The summed E-state index contributed by atoms with van der Waals surface area (Å²) in [6.07, 6.45) is -1.47. The molecule has 14 nitrogen and oxygen atoms in total. The van der Waals surface area contributed by atoms with Gasteiger partial charge >= 0.3 is 0 Å². The summed E-state index contributed by atoms with van der Waals surface area (Å²) in [4.78, 5) is 64.0. The van der Waals surface area contributed by atoms with Crippen molar-refractivity contribution in [1.29, 1.82) is 0 Å². The molecule has 14 heteroatoms. The third kappa shape index (κ3) is 12.2. The van der Waals surface area contributed by atoms with Crippen molar-refractivity contribution in [2.45, 2.75) is 96.9 Å². The van der Waals surface area contributed by atoms with Gasteiger partial charge in [-0.25, -0.2) is 4.98 Å². The van der Waals surface area contributed by atoms with Crippen LogP contribution in [0.15, 0.2) is 109 Å². The fourth-order valence-electron chi connectivity index (χ4n) is 6.95. The number of nitrogens with zero attached hydrogens (tertiary/aromatic N) is 1. The Bertz CT molecular complexity index is 2190. The van der Waals surface area contributed by atoms with E-state index in [1.165, 1.54) is 6.92 Å². The van der Waals surface area contributed by atoms with Crippen molar-refractivity contribution in [3.63, 3.8) is 0 Å². The second kappa shape index (κ2) is 20.4. The Balaban J connectivity index is 1.42. The van der Waals surface area contributed by atoms with Crippen LogP contribution in [-0.2, 0) is 44.3 Å². The summed E-state index contributed by atoms with van der Waals surface area (Å²) in [6.45, 7) is 10.5. The van der Waals surface area contributed by atoms with Gasteiger partial charge in [-0.3, -0.25) is 24.5 Å². The number of fused-ring (bicyclic) bond motifs is 1. The maximum absolute atomic E-state index is 14.5. The molecule has 8 N–H and O–H groups in total. The van der Waals surface area contributed by atoms with Gasteiger partial charge < -0.3 is 41.2 Å². The van der Waals surface area contributed by atoms with E-state index in [9.17, 15) is 29.4 Å². The zero-order valence-corrected chi connectivity index (χ0v) is 35.9. The van der Waals surface area contributed by atoms with E-state index in [1.807, 2.05) is 66.7 Å². The minimum atomic E-state index is -1.96. The first kappa shape index (κ1) is 46.0. The first-order valence-corrected chi connectivity index (χ1v) is 20.5. The molecule has 1 heterocycles. The number of ether oxygens (including phenoxy) is 1. The van der Waals surface area contributed by atoms with E-state index in [-0.39, 0.29) is 25.4 Å². The van der Waals surface area contributed by atoms with Crippen molar-refractivity contribution >= 4 is 34.7 Å². The summed E-state index contributed by atoms with van der Waals surface area (Å²) in [5.74, 6) is -1.71. The molecule has 0 aliphatic carbocycles. The van der Waals surface area contributed by atoms with Gasteiger partial charge in [0.1, 0.15) is 29.7 Å². The lowest BCUT2D eigenvalue weighted by Crippen LogP contribution is -2.64. The molecule has 0 unspecified atom stereocenters. The van der Waals surface area contributed by atoms with E-state index in [4.69, 9.17) is 4.74 Å². The summed E-state index contributed by atoms with van der Waals surface area (Å²) < 4.78 is 5.31. The monoisotopic (exact) mass is 833 g/mol. The number of nitrogens with one attached hydrogen (secondary N) is 6. The number of para-hydroxylation sites is 2. The zero-order valence-electron chi connectivity index (χ0n) is 35.9. The predicted octanol–water partition coefficient (Wildman–Crippen LogP) is 4.01. The first-order chi connectivity index (χ1) is 29.0. The van der Waals surface area contributed by atoms with Crippen LogP contribution in [0, 0.1) is 11.3 Å². The number of carbonyl (C=O) groups excluding carboxylic acids is 4. The molecule has 61 heavy (non-hydrogen) atoms. The minimum absolute atomic E-state index is 0.0891. The van der Waals surface area contributed by atoms with E-state index < -0.39 is 64.9 Å². The second-order valence-corrected chi connectivity index (χ2v) is 16.9. The van der Waals surface area contributed by atoms with Gasteiger partial charge in [0, 0.05) is 6.54 Å². The molecule has 0 aliphatic heterocycles. The quantitative estimate of drug-likeness (QED) is 0.0604. The molecule has 0 saturated heterocycles. The van der Waals surface area contributed by atoms with Gasteiger partial charge in [-0.2, -0.15) is 0 Å². The van der Waals surface area contributed by atoms with Crippen molar-refractivity contribution < 1.29 is 34.1 Å². The molecule has 0 bridgehead atoms. The maximum Gasteiger partial charge on any atom is 0.256 e. The normalized spacial score (nSPS) is 15.1. The van der Waals surface area contributed by atoms with E-state index in [0.717, 1.165) is 22.2 Å². The number of aliphatic hydroxyl groups is 2. The van der Waals surface area contributed by atoms with Crippen molar-refractivity contribution in [3.05, 3.63) is 132 Å². The molecule has 0 spiro atoms. The van der Waals surface area contributed by atoms with Gasteiger partial charge in [-0.1, -0.05) is 120 Å². The van der Waals surface area contributed by atoms with Crippen LogP contribution in [0.5, 0.6) is 5.75 Å². The molecule has 0 radical (unpaired) electrons. The van der Waals surface area contributed by atoms with Gasteiger partial charge in [-0.05, 0) is 65.6 Å². The number of aliphatic hydroxyl groups excluding tert-OH is 1. The molecule has 5 rings (SSSR count). The van der Waals surface area contributed by atoms with Crippen molar-refractivity contribution in [1.82, 2.24) is 36.6 Å². The van der Waals surface area contributed by atoms with Crippen LogP contribution >= 0.6 is 0 Å². The van der Waals surface area contributed by atoms with Crippen LogP contribution < -0.4 is 31.3 Å². The second-order valence-electron chi connectivity index (χ2n) is 16.9. The third-order valence-corrected chi connectivity index (χ3v) is 10.6. The highest BCUT2D eigenvalue weighted by Gasteiger charge is 2.42. The summed E-state index contributed by atoms with van der Waals surface area (Å²) >= 11 is 0. The maximum atomic E-state index is 14.5. The highest BCUT2D eigenvalue weighted by Crippen LogP contribution is 2.25. The average Bonchev–Trinajstić information content (AvgIpc) is 3.67. The van der Waals surface area contributed by atoms with Crippen LogP contribution in [0.2, 0.25) is 0 Å². The Morgan fingerprint density at radius 1 is 0.721 bits per heavy atom. The Morgan fingerprint density at radius 2 is 1.34 bits per heavy atom. The number of benzene rings is 4. The number of aromatic nitrogens is 2. The molecular formula is C47H59N7O7. The molecule has 4 aromatic carbocycles. The number of rotatable bonds is 19. The van der Waals surface area contributed by atoms with Gasteiger partial charge in [0.2, 0.25) is 17.7 Å². The van der Waals surface area contributed by atoms with Crippen LogP contribution in [0.4, 0.5) is 0 Å². The number of H-pyrrole nitrogens is 1. The summed E-state index contributed by atoms with van der Waals surface area (Å²) in [5, 5.41) is 38.3. The average molecular weight is 834 g/mol. The SMILES string of the molecule is COc1ccc(CN[C@@H](C(=O)N[C@H](C(=O)NCc2nc3ccccc3[nH]2)C(C)C)[C@H](O)[C@H](Cc2ccccc2)NC(=O)[C@@H](NC(=O)[C@@](C)(O)c2ccccc2)C(C)(C)C)cc1. The van der Waals surface area contributed by atoms with E-state index >= 15 is 0 Å². The van der Waals surface area contributed by atoms with Gasteiger partial charge in [0.25, 0.3) is 5.91 Å². The van der Waals surface area contributed by atoms with E-state index in [0.29, 0.717) is 17.1 Å². The minimum Gasteiger partial charge on any atom is -0.497 e. The fourth-order valence-corrected chi connectivity index (χ4v) is 6.95. The largest absolute Gasteiger partial charge is 0.497 e. The van der Waals surface area contributed by atoms with Crippen LogP contribution in [0.25, 0.3) is 11.0 Å². The lowest BCUT2D eigenvalue weighted by atomic mass is 9.84. The van der Waals surface area contributed by atoms with Gasteiger partial charge in [0.15, 0.2) is 5.60 Å². The Kier molecular flexibility index (Phi) is 15.4. The number of methoxy groups -OCH3 is 1. The molecule has 5 aromatic rings. The third-order valence-electron chi connectivity index (χ3n) is 10.6. The zero-order chi connectivity index (χ0) is 44.3. The van der Waals surface area contributed by atoms with Crippen LogP contribution in [0.3, 0.4) is 0 Å². The number of hydrogen-bond donors (Lipinski definition) is 8. The highest BCUT2D eigenvalue weighted by molar-refractivity contribution is 5.93. The fraction of sp³-hybridized carbons (Fsp3) is 0.383. The Labute approximate surface area is 357 Å². The van der Waals surface area contributed by atoms with E-state index in [1.54, 1.807) is 84.2 Å². The molecular weight excluding hydrogens is 775 g/mol. The molecule has 0 fully saturated rings. The lowest BCUT2D eigenvalue weighted by Gasteiger charge is -2.36. The van der Waals surface area contributed by atoms with Gasteiger partial charge in [-0.15, -0.1) is 0 Å². The van der Waals surface area contributed by atoms with E-state index in [2.05, 4.69) is 36.6 Å². The van der Waals surface area contributed by atoms with Crippen molar-refractivity contribution in [2.75, 3.05) is 7.11 Å². The number of aromatic amines is 1. The van der Waals surface area contributed by atoms with Crippen molar-refractivity contribution in [3.8, 4) is 5.75 Å². The molecule has 0 saturated carbocycles. The number of amides is 4. The van der Waals surface area contributed by atoms with Crippen LogP contribution in [-0.4, -0.2) is 81.2 Å². The first-order valence-electron chi connectivity index (χ1n) is 20.5.